The van der Waals surface area contributed by atoms with Gasteiger partial charge in [0.25, 0.3) is 0 Å². The summed E-state index contributed by atoms with van der Waals surface area (Å²) in [4.78, 5) is 19.1. The van der Waals surface area contributed by atoms with E-state index in [0.717, 1.165) is 54.5 Å². The summed E-state index contributed by atoms with van der Waals surface area (Å²) in [5, 5.41) is 5.81. The van der Waals surface area contributed by atoms with Crippen LogP contribution in [-0.4, -0.2) is 43.9 Å². The number of rotatable bonds is 6. The molecule has 7 nitrogen and oxygen atoms in total. The minimum atomic E-state index is -0.232. The molecule has 1 saturated heterocycles. The molecule has 2 aromatic carbocycles. The van der Waals surface area contributed by atoms with Gasteiger partial charge in [0.05, 0.1) is 18.9 Å². The lowest BCUT2D eigenvalue weighted by Gasteiger charge is -2.29. The van der Waals surface area contributed by atoms with Gasteiger partial charge in [-0.25, -0.2) is 9.78 Å². The number of ether oxygens (including phenoxy) is 1. The Morgan fingerprint density at radius 3 is 2.61 bits per heavy atom. The van der Waals surface area contributed by atoms with Crippen molar-refractivity contribution in [2.24, 2.45) is 0 Å². The van der Waals surface area contributed by atoms with Gasteiger partial charge in [-0.2, -0.15) is 0 Å². The molecule has 2 amide bonds. The molecule has 31 heavy (non-hydrogen) atoms. The lowest BCUT2D eigenvalue weighted by atomic mass is 10.1. The van der Waals surface area contributed by atoms with Crippen molar-refractivity contribution in [1.29, 1.82) is 0 Å². The van der Waals surface area contributed by atoms with Crippen molar-refractivity contribution in [3.05, 3.63) is 65.5 Å². The Bertz CT molecular complexity index is 1020. The Kier molecular flexibility index (Phi) is 6.52. The van der Waals surface area contributed by atoms with Crippen molar-refractivity contribution >= 4 is 17.4 Å². The number of morpholine rings is 1. The summed E-state index contributed by atoms with van der Waals surface area (Å²) in [6.45, 7) is 7.79. The normalized spacial score (nSPS) is 13.8. The van der Waals surface area contributed by atoms with E-state index in [0.29, 0.717) is 18.9 Å². The van der Waals surface area contributed by atoms with E-state index in [1.807, 2.05) is 50.2 Å². The Hall–Kier alpha value is -3.32. The van der Waals surface area contributed by atoms with Crippen LogP contribution in [-0.2, 0) is 11.2 Å². The highest BCUT2D eigenvalue weighted by Gasteiger charge is 2.13. The van der Waals surface area contributed by atoms with E-state index in [2.05, 4.69) is 26.6 Å². The highest BCUT2D eigenvalue weighted by atomic mass is 16.5. The highest BCUT2D eigenvalue weighted by Crippen LogP contribution is 2.23. The number of nitrogens with one attached hydrogen (secondary N) is 2. The third kappa shape index (κ3) is 5.44. The lowest BCUT2D eigenvalue weighted by Crippen LogP contribution is -2.36. The predicted octanol–water partition coefficient (Wildman–Crippen LogP) is 4.16. The lowest BCUT2D eigenvalue weighted by molar-refractivity contribution is 0.122. The molecule has 0 spiro atoms. The zero-order valence-electron chi connectivity index (χ0n) is 18.0. The molecule has 2 N–H and O–H groups in total. The van der Waals surface area contributed by atoms with E-state index in [4.69, 9.17) is 9.15 Å². The van der Waals surface area contributed by atoms with Crippen molar-refractivity contribution in [3.63, 3.8) is 0 Å². The van der Waals surface area contributed by atoms with Crippen LogP contribution in [0.1, 0.15) is 16.8 Å². The third-order valence-electron chi connectivity index (χ3n) is 5.35. The van der Waals surface area contributed by atoms with Crippen LogP contribution in [0.4, 0.5) is 16.2 Å². The van der Waals surface area contributed by atoms with Gasteiger partial charge in [0.2, 0.25) is 5.89 Å². The van der Waals surface area contributed by atoms with Gasteiger partial charge in [-0.1, -0.05) is 17.7 Å². The zero-order valence-corrected chi connectivity index (χ0v) is 18.0. The molecule has 0 bridgehead atoms. The van der Waals surface area contributed by atoms with Crippen LogP contribution in [0.3, 0.4) is 0 Å². The monoisotopic (exact) mass is 420 g/mol. The van der Waals surface area contributed by atoms with Crippen LogP contribution in [0.25, 0.3) is 11.5 Å². The van der Waals surface area contributed by atoms with Gasteiger partial charge in [0.15, 0.2) is 0 Å². The van der Waals surface area contributed by atoms with Crippen LogP contribution in [0.2, 0.25) is 0 Å². The number of anilines is 2. The maximum absolute atomic E-state index is 12.3. The number of benzene rings is 2. The van der Waals surface area contributed by atoms with Crippen LogP contribution < -0.4 is 15.5 Å². The van der Waals surface area contributed by atoms with Crippen LogP contribution in [0.5, 0.6) is 0 Å². The fourth-order valence-corrected chi connectivity index (χ4v) is 3.53. The van der Waals surface area contributed by atoms with E-state index < -0.39 is 0 Å². The number of nitrogens with zero attached hydrogens (tertiary/aromatic N) is 2. The van der Waals surface area contributed by atoms with Gasteiger partial charge in [-0.3, -0.25) is 0 Å². The average Bonchev–Trinajstić information content (AvgIpc) is 3.25. The van der Waals surface area contributed by atoms with Gasteiger partial charge in [0.1, 0.15) is 6.26 Å². The molecule has 0 aliphatic carbocycles. The molecule has 0 radical (unpaired) electrons. The summed E-state index contributed by atoms with van der Waals surface area (Å²) in [6.07, 6.45) is 2.24. The second-order valence-corrected chi connectivity index (χ2v) is 7.74. The highest BCUT2D eigenvalue weighted by molar-refractivity contribution is 5.90. The largest absolute Gasteiger partial charge is 0.444 e. The number of carbonyl (C=O) groups excluding carboxylic acids is 1. The van der Waals surface area contributed by atoms with E-state index in [-0.39, 0.29) is 6.03 Å². The van der Waals surface area contributed by atoms with Crippen LogP contribution >= 0.6 is 0 Å². The first-order valence-corrected chi connectivity index (χ1v) is 10.6. The molecule has 0 atom stereocenters. The smallest absolute Gasteiger partial charge is 0.319 e. The molecule has 7 heteroatoms. The number of oxazole rings is 1. The number of amides is 2. The van der Waals surface area contributed by atoms with Gasteiger partial charge in [0, 0.05) is 43.0 Å². The Morgan fingerprint density at radius 2 is 1.87 bits per heavy atom. The summed E-state index contributed by atoms with van der Waals surface area (Å²) < 4.78 is 11.0. The Morgan fingerprint density at radius 1 is 1.10 bits per heavy atom. The second kappa shape index (κ2) is 9.66. The van der Waals surface area contributed by atoms with E-state index in [9.17, 15) is 4.79 Å². The number of urea groups is 1. The fourth-order valence-electron chi connectivity index (χ4n) is 3.53. The summed E-state index contributed by atoms with van der Waals surface area (Å²) in [5.41, 5.74) is 5.93. The summed E-state index contributed by atoms with van der Waals surface area (Å²) >= 11 is 0. The van der Waals surface area contributed by atoms with Gasteiger partial charge >= 0.3 is 6.03 Å². The fraction of sp³-hybridized carbons (Fsp3) is 0.333. The predicted molar refractivity (Wildman–Crippen MR) is 122 cm³/mol. The molecule has 1 aliphatic heterocycles. The number of hydrogen-bond donors (Lipinski definition) is 2. The SMILES string of the molecule is Cc1ccc(-c2nc(CCNC(=O)Nc3ccc(N4CCOCC4)cc3C)co2)cc1. The first-order chi connectivity index (χ1) is 15.1. The van der Waals surface area contributed by atoms with Gasteiger partial charge < -0.3 is 24.7 Å². The molecular formula is C24H28N4O3. The molecule has 1 aromatic heterocycles. The van der Waals surface area contributed by atoms with Crippen molar-refractivity contribution in [1.82, 2.24) is 10.3 Å². The molecule has 1 fully saturated rings. The van der Waals surface area contributed by atoms with Crippen molar-refractivity contribution < 1.29 is 13.9 Å². The number of aryl methyl sites for hydroxylation is 2. The molecular weight excluding hydrogens is 392 g/mol. The maximum Gasteiger partial charge on any atom is 0.319 e. The first kappa shape index (κ1) is 20.9. The molecule has 162 valence electrons. The topological polar surface area (TPSA) is 79.6 Å². The second-order valence-electron chi connectivity index (χ2n) is 7.74. The molecule has 0 saturated carbocycles. The minimum absolute atomic E-state index is 0.232. The van der Waals surface area contributed by atoms with Crippen LogP contribution in [0.15, 0.2) is 53.1 Å². The zero-order chi connectivity index (χ0) is 21.6. The van der Waals surface area contributed by atoms with E-state index in [1.54, 1.807) is 6.26 Å². The summed E-state index contributed by atoms with van der Waals surface area (Å²) in [7, 11) is 0. The van der Waals surface area contributed by atoms with Gasteiger partial charge in [-0.15, -0.1) is 0 Å². The van der Waals surface area contributed by atoms with Crippen LogP contribution in [0, 0.1) is 13.8 Å². The van der Waals surface area contributed by atoms with Crippen molar-refractivity contribution in [3.8, 4) is 11.5 Å². The van der Waals surface area contributed by atoms with E-state index >= 15 is 0 Å². The van der Waals surface area contributed by atoms with E-state index in [1.165, 1.54) is 5.56 Å². The number of carbonyl (C=O) groups is 1. The molecule has 1 aliphatic rings. The maximum atomic E-state index is 12.3. The first-order valence-electron chi connectivity index (χ1n) is 10.6. The van der Waals surface area contributed by atoms with Crippen molar-refractivity contribution in [2.45, 2.75) is 20.3 Å². The third-order valence-corrected chi connectivity index (χ3v) is 5.35. The Balaban J connectivity index is 1.26. The standard InChI is InChI=1S/C24H28N4O3/c1-17-3-5-19(6-4-17)23-26-20(16-31-23)9-10-25-24(29)27-22-8-7-21(15-18(22)2)28-11-13-30-14-12-28/h3-8,15-16H,9-14H2,1-2H3,(H2,25,27,29). The average molecular weight is 421 g/mol. The van der Waals surface area contributed by atoms with Gasteiger partial charge in [-0.05, 0) is 49.7 Å². The van der Waals surface area contributed by atoms with Crippen molar-refractivity contribution in [2.75, 3.05) is 43.1 Å². The minimum Gasteiger partial charge on any atom is -0.444 e. The number of hydrogen-bond acceptors (Lipinski definition) is 5. The molecule has 3 aromatic rings. The summed E-state index contributed by atoms with van der Waals surface area (Å²) in [6, 6.07) is 13.9. The molecule has 4 rings (SSSR count). The number of aromatic nitrogens is 1. The molecule has 2 heterocycles. The quantitative estimate of drug-likeness (QED) is 0.626. The Labute approximate surface area is 182 Å². The molecule has 0 unspecified atom stereocenters. The summed E-state index contributed by atoms with van der Waals surface area (Å²) in [5.74, 6) is 0.593.